The number of aliphatic hydroxyl groups excluding tert-OH is 29. The molecular weight excluding hydrogens is 1750 g/mol. The molecule has 56 nitrogen and oxygen atoms in total. The van der Waals surface area contributed by atoms with Crippen molar-refractivity contribution in [2.45, 2.75) is 379 Å². The minimum Gasteiger partial charge on any atom is -0.394 e. The molecule has 11 rings (SSSR count). The van der Waals surface area contributed by atoms with Crippen LogP contribution in [0.15, 0.2) is 0 Å². The van der Waals surface area contributed by atoms with E-state index < -0.39 is 408 Å². The van der Waals surface area contributed by atoms with E-state index in [4.69, 9.17) is 99.5 Å². The molecule has 0 bridgehead atoms. The van der Waals surface area contributed by atoms with Crippen molar-refractivity contribution in [3.63, 3.8) is 0 Å². The predicted octanol–water partition coefficient (Wildman–Crippen LogP) is -21.5. The number of rotatable bonds is 31. The van der Waals surface area contributed by atoms with Crippen LogP contribution in [-0.4, -0.2) is 556 Å². The van der Waals surface area contributed by atoms with Gasteiger partial charge in [0.05, 0.1) is 71.2 Å². The fourth-order valence-corrected chi connectivity index (χ4v) is 16.9. The summed E-state index contributed by atoms with van der Waals surface area (Å²) < 4.78 is 127. The molecule has 0 aromatic carbocycles. The van der Waals surface area contributed by atoms with Gasteiger partial charge in [0.15, 0.2) is 69.2 Å². The van der Waals surface area contributed by atoms with Crippen molar-refractivity contribution < 1.29 is 262 Å². The zero-order valence-corrected chi connectivity index (χ0v) is 69.2. The molecule has 55 atom stereocenters. The first-order valence-corrected chi connectivity index (χ1v) is 41.2. The third-order valence-electron chi connectivity index (χ3n) is 24.1. The molecule has 742 valence electrons. The molecule has 0 aromatic rings. The average Bonchev–Trinajstić information content (AvgIpc) is 0.772. The summed E-state index contributed by atoms with van der Waals surface area (Å²) in [5.74, 6) is -3.08. The van der Waals surface area contributed by atoms with Crippen LogP contribution in [0, 0.1) is 0 Å². The molecule has 11 fully saturated rings. The highest BCUT2D eigenvalue weighted by atomic mass is 16.8. The van der Waals surface area contributed by atoms with Gasteiger partial charge in [-0.15, -0.1) is 0 Å². The van der Waals surface area contributed by atoms with E-state index in [1.807, 2.05) is 0 Å². The Kier molecular flexibility index (Phi) is 37.0. The first-order chi connectivity index (χ1) is 60.5. The normalized spacial score (nSPS) is 51.6. The summed E-state index contributed by atoms with van der Waals surface area (Å²) in [5, 5.41) is 331. The maximum atomic E-state index is 13.8. The molecule has 56 heteroatoms. The van der Waals surface area contributed by atoms with Gasteiger partial charge in [-0.05, 0) is 20.8 Å². The smallest absolute Gasteiger partial charge is 0.217 e. The summed E-state index contributed by atoms with van der Waals surface area (Å²) in [7, 11) is 0. The monoisotopic (exact) mass is 1880 g/mol. The Balaban J connectivity index is 0.937. The summed E-state index contributed by atoms with van der Waals surface area (Å²) in [6, 6.07) is -6.16. The van der Waals surface area contributed by atoms with Crippen LogP contribution in [0.5, 0.6) is 0 Å². The van der Waals surface area contributed by atoms with E-state index in [0.717, 1.165) is 20.8 Å². The maximum Gasteiger partial charge on any atom is 0.217 e. The molecule has 0 radical (unpaired) electrons. The first-order valence-electron chi connectivity index (χ1n) is 41.2. The largest absolute Gasteiger partial charge is 0.394 e. The molecule has 11 aliphatic rings. The first kappa shape index (κ1) is 105. The SMILES string of the molecule is CC(=O)N[C@H]1[C@H](O[C@H]2[C@@H](O)[C@@H](CO[C@@H]3O[C@H](CO)[C@@H](O[C@@H]4O[C@H](CO)[C@H](O)[C@H](O[C@@H]5O[C@H](CO)[C@@H](O[C@H]6O[C@H](C)[C@H](O)[C@H](O)[C@H]6O)[C@H](O[C@@H]6O[C@H](CO)[C@H](O)[C@H](O)[C@H]6O)[C@H]5NC(C)=O)[C@H]4O)[C@H](O[C@H]4O[C@H](C)[C@H](O)[C@H](O)[C@H]4O)[C@H]3NC(C)=O)O[C@@H](O[C@H]3[C@H](O)[C@@H](O)C(O)O[C@@H]3CO)[C@@H]2O)O[C@H](CO)[C@@H](O[C@H]2O[C@H](C)[C@H](O)[C@H](O)[C@H]2O)[C@@H]1O[C@@H]1O[C@H](CO)[C@H](O)[C@H](O)[C@@H]1O. The lowest BCUT2D eigenvalue weighted by Crippen LogP contribution is -2.72. The van der Waals surface area contributed by atoms with Crippen molar-refractivity contribution in [3.8, 4) is 0 Å². The topological polar surface area (TPSA) is 868 Å². The van der Waals surface area contributed by atoms with Crippen LogP contribution in [0.25, 0.3) is 0 Å². The Morgan fingerprint density at radius 3 is 0.773 bits per heavy atom. The van der Waals surface area contributed by atoms with E-state index >= 15 is 0 Å². The molecule has 11 saturated heterocycles. The lowest BCUT2D eigenvalue weighted by atomic mass is 9.93. The van der Waals surface area contributed by atoms with Crippen molar-refractivity contribution in [3.05, 3.63) is 0 Å². The molecule has 0 spiro atoms. The highest BCUT2D eigenvalue weighted by Crippen LogP contribution is 2.43. The van der Waals surface area contributed by atoms with Gasteiger partial charge in [-0.3, -0.25) is 14.4 Å². The van der Waals surface area contributed by atoms with E-state index in [2.05, 4.69) is 16.0 Å². The van der Waals surface area contributed by atoms with Crippen LogP contribution in [0.2, 0.25) is 0 Å². The minimum atomic E-state index is -2.53. The molecule has 11 heterocycles. The zero-order chi connectivity index (χ0) is 94.1. The number of carbonyl (C=O) groups excluding carboxylic acids is 3. The summed E-state index contributed by atoms with van der Waals surface area (Å²) in [6.45, 7) is -2.96. The van der Waals surface area contributed by atoms with Gasteiger partial charge in [-0.1, -0.05) is 0 Å². The van der Waals surface area contributed by atoms with Crippen LogP contribution in [0.1, 0.15) is 41.5 Å². The van der Waals surface area contributed by atoms with Gasteiger partial charge in [-0.2, -0.15) is 0 Å². The third-order valence-corrected chi connectivity index (χ3v) is 24.1. The Morgan fingerprint density at radius 1 is 0.219 bits per heavy atom. The molecule has 11 aliphatic heterocycles. The van der Waals surface area contributed by atoms with Crippen LogP contribution in [-0.2, 0) is 114 Å². The van der Waals surface area contributed by atoms with E-state index in [-0.39, 0.29) is 0 Å². The van der Waals surface area contributed by atoms with Crippen molar-refractivity contribution in [2.24, 2.45) is 0 Å². The van der Waals surface area contributed by atoms with Gasteiger partial charge < -0.3 is 264 Å². The zero-order valence-electron chi connectivity index (χ0n) is 69.2. The number of amides is 3. The molecule has 3 amide bonds. The van der Waals surface area contributed by atoms with Gasteiger partial charge in [0, 0.05) is 20.8 Å². The fraction of sp³-hybridized carbons (Fsp3) is 0.958. The highest BCUT2D eigenvalue weighted by Gasteiger charge is 2.63. The fourth-order valence-electron chi connectivity index (χ4n) is 16.9. The van der Waals surface area contributed by atoms with Crippen LogP contribution < -0.4 is 16.0 Å². The van der Waals surface area contributed by atoms with Gasteiger partial charge in [0.1, 0.15) is 250 Å². The summed E-state index contributed by atoms with van der Waals surface area (Å²) in [4.78, 5) is 40.8. The van der Waals surface area contributed by atoms with E-state index in [0.29, 0.717) is 0 Å². The van der Waals surface area contributed by atoms with Gasteiger partial charge in [-0.25, -0.2) is 0 Å². The summed E-state index contributed by atoms with van der Waals surface area (Å²) in [5.41, 5.74) is 0. The second-order valence-electron chi connectivity index (χ2n) is 33.0. The van der Waals surface area contributed by atoms with Crippen molar-refractivity contribution >= 4 is 17.7 Å². The van der Waals surface area contributed by atoms with Crippen molar-refractivity contribution in [1.82, 2.24) is 16.0 Å². The third kappa shape index (κ3) is 22.5. The lowest BCUT2D eigenvalue weighted by molar-refractivity contribution is -0.397. The Hall–Kier alpha value is -3.59. The van der Waals surface area contributed by atoms with Crippen molar-refractivity contribution in [1.29, 1.82) is 0 Å². The van der Waals surface area contributed by atoms with E-state index in [9.17, 15) is 162 Å². The minimum absolute atomic E-state index is 0.900. The number of carbonyl (C=O) groups is 3. The Bertz CT molecular complexity index is 3460. The van der Waals surface area contributed by atoms with Gasteiger partial charge in [0.25, 0.3) is 0 Å². The second-order valence-corrected chi connectivity index (χ2v) is 33.0. The molecule has 1 unspecified atom stereocenters. The maximum absolute atomic E-state index is 13.8. The van der Waals surface area contributed by atoms with E-state index in [1.54, 1.807) is 0 Å². The van der Waals surface area contributed by atoms with Crippen LogP contribution in [0.3, 0.4) is 0 Å². The standard InChI is InChI=1S/C72H121N3O53/c1-15-32(86)39(93)46(100)66(109-15)121-55-26(12-81)117-64(30(74-19(5)84)58(55)125-69-49(103)42(96)35(89)21(7-76)113-69)127-60-37(91)23(9-78)115-71(51(60)105)123-54-25(11-80)116-63(29(73-18(4)83)57(54)124-68-48(102)41(95)34(88)17(3)111-68)108-14-28-38(92)61(52(106)72(119-28)120-53-24(10-79)112-62(107)45(99)44(53)98)128-65-31(75-20(6)85)59(126-70-50(104)43(97)36(90)22(8-77)114-70)56(27(13-82)118-65)122-67-47(101)40(94)33(87)16(2)110-67/h15-17,21-72,76-82,86-107H,7-14H2,1-6H3,(H,73,83)(H,74,84)(H,75,85)/t15-,16-,17-,21-,22-,23-,24-,25-,26-,27-,28-,29-,30-,31-,32+,33+,34+,35+,36+,37+,38+,39+,40+,41+,42+,43+,44-,45-,46-,47-,48-,49-,50+,51-,52-,53-,54-,55-,56-,57-,58-,59-,60+,61+,62?,63-,64+,65+,66-,67-,68-,69+,70+,71+,72+/m1/s1. The van der Waals surface area contributed by atoms with Crippen LogP contribution in [0.4, 0.5) is 0 Å². The Labute approximate surface area is 725 Å². The van der Waals surface area contributed by atoms with Crippen LogP contribution >= 0.6 is 0 Å². The molecule has 32 N–H and O–H groups in total. The molecule has 0 saturated carbocycles. The summed E-state index contributed by atoms with van der Waals surface area (Å²) in [6.07, 6.45) is -109. The highest BCUT2D eigenvalue weighted by molar-refractivity contribution is 5.74. The van der Waals surface area contributed by atoms with Gasteiger partial charge >= 0.3 is 0 Å². The van der Waals surface area contributed by atoms with E-state index in [1.165, 1.54) is 20.8 Å². The molecule has 0 aliphatic carbocycles. The number of hydrogen-bond donors (Lipinski definition) is 32. The Morgan fingerprint density at radius 2 is 0.453 bits per heavy atom. The van der Waals surface area contributed by atoms with Gasteiger partial charge in [0.2, 0.25) is 17.7 Å². The molecule has 128 heavy (non-hydrogen) atoms. The quantitative estimate of drug-likeness (QED) is 0.0306. The molecular formula is C72H121N3O53. The number of ether oxygens (including phenoxy) is 21. The molecule has 0 aromatic heterocycles. The van der Waals surface area contributed by atoms with Crippen molar-refractivity contribution in [2.75, 3.05) is 52.9 Å². The predicted molar refractivity (Wildman–Crippen MR) is 393 cm³/mol. The lowest BCUT2D eigenvalue weighted by Gasteiger charge is -2.52. The second kappa shape index (κ2) is 45.1. The summed E-state index contributed by atoms with van der Waals surface area (Å²) >= 11 is 0. The average molecular weight is 1880 g/mol. The number of hydrogen-bond acceptors (Lipinski definition) is 53. The number of aliphatic hydroxyl groups is 29. The number of nitrogens with one attached hydrogen (secondary N) is 3.